The van der Waals surface area contributed by atoms with E-state index in [1.807, 2.05) is 0 Å². The molecule has 1 aliphatic heterocycles. The van der Waals surface area contributed by atoms with Gasteiger partial charge in [-0.1, -0.05) is 0 Å². The summed E-state index contributed by atoms with van der Waals surface area (Å²) in [6.45, 7) is -0.583. The average Bonchev–Trinajstić information content (AvgIpc) is 3.01. The average molecular weight is 311 g/mol. The van der Waals surface area contributed by atoms with Gasteiger partial charge in [-0.25, -0.2) is 4.98 Å². The molecule has 0 amide bonds. The summed E-state index contributed by atoms with van der Waals surface area (Å²) < 4.78 is 7.23. The van der Waals surface area contributed by atoms with Gasteiger partial charge in [0, 0.05) is 19.4 Å². The van der Waals surface area contributed by atoms with Gasteiger partial charge in [0.05, 0.1) is 19.0 Å². The molecule has 6 N–H and O–H groups in total. The fraction of sp³-hybridized carbons (Fsp3) is 0.583. The number of rotatable bonds is 4. The number of nitrogens with zero attached hydrogens (tertiary/aromatic N) is 3. The van der Waals surface area contributed by atoms with Gasteiger partial charge < -0.3 is 25.8 Å². The fourth-order valence-electron chi connectivity index (χ4n) is 2.86. The number of fused-ring (bicyclic) bond motifs is 1. The van der Waals surface area contributed by atoms with E-state index in [9.17, 15) is 20.1 Å². The third-order valence-electron chi connectivity index (χ3n) is 3.87. The molecule has 1 aliphatic rings. The van der Waals surface area contributed by atoms with Gasteiger partial charge in [0.15, 0.2) is 16.9 Å². The SMILES string of the molecule is Nc1nc2c(ncn2[C@@]2(CCO)C[C@H](O)[C@@H](CO)O2)c(=O)[nH]1. The minimum absolute atomic E-state index is 0.0735. The van der Waals surface area contributed by atoms with Crippen LogP contribution in [0.4, 0.5) is 5.95 Å². The highest BCUT2D eigenvalue weighted by Crippen LogP contribution is 2.39. The molecule has 0 aromatic carbocycles. The number of hydrogen-bond donors (Lipinski definition) is 5. The summed E-state index contributed by atoms with van der Waals surface area (Å²) in [5.41, 5.74) is 4.20. The number of nitrogen functional groups attached to an aromatic ring is 1. The second-order valence-corrected chi connectivity index (χ2v) is 5.27. The van der Waals surface area contributed by atoms with Crippen molar-refractivity contribution < 1.29 is 20.1 Å². The lowest BCUT2D eigenvalue weighted by Gasteiger charge is -2.30. The van der Waals surface area contributed by atoms with Crippen LogP contribution in [0.15, 0.2) is 11.1 Å². The zero-order chi connectivity index (χ0) is 15.9. The third kappa shape index (κ3) is 2.16. The molecule has 0 unspecified atom stereocenters. The van der Waals surface area contributed by atoms with Gasteiger partial charge in [-0.15, -0.1) is 0 Å². The van der Waals surface area contributed by atoms with Gasteiger partial charge in [0.1, 0.15) is 6.10 Å². The summed E-state index contributed by atoms with van der Waals surface area (Å²) in [5, 5.41) is 28.6. The van der Waals surface area contributed by atoms with Crippen molar-refractivity contribution >= 4 is 17.1 Å². The van der Waals surface area contributed by atoms with Crippen LogP contribution >= 0.6 is 0 Å². The summed E-state index contributed by atoms with van der Waals surface area (Å²) in [5.74, 6) is -0.0735. The van der Waals surface area contributed by atoms with Gasteiger partial charge in [-0.3, -0.25) is 14.3 Å². The van der Waals surface area contributed by atoms with E-state index in [-0.39, 0.29) is 43.2 Å². The number of aliphatic hydroxyl groups is 3. The number of aromatic amines is 1. The molecule has 10 nitrogen and oxygen atoms in total. The van der Waals surface area contributed by atoms with E-state index in [0.29, 0.717) is 0 Å². The van der Waals surface area contributed by atoms with E-state index < -0.39 is 23.5 Å². The van der Waals surface area contributed by atoms with Gasteiger partial charge in [-0.2, -0.15) is 4.98 Å². The number of ether oxygens (including phenoxy) is 1. The van der Waals surface area contributed by atoms with Crippen molar-refractivity contribution in [3.63, 3.8) is 0 Å². The molecule has 10 heteroatoms. The number of imidazole rings is 1. The Hall–Kier alpha value is -2.01. The van der Waals surface area contributed by atoms with Gasteiger partial charge >= 0.3 is 0 Å². The van der Waals surface area contributed by atoms with Crippen LogP contribution in [0.5, 0.6) is 0 Å². The zero-order valence-corrected chi connectivity index (χ0v) is 11.6. The molecule has 3 rings (SSSR count). The lowest BCUT2D eigenvalue weighted by atomic mass is 10.0. The van der Waals surface area contributed by atoms with Crippen molar-refractivity contribution in [2.24, 2.45) is 0 Å². The van der Waals surface area contributed by atoms with E-state index in [2.05, 4.69) is 15.0 Å². The molecule has 0 spiro atoms. The largest absolute Gasteiger partial charge is 0.396 e. The first-order chi connectivity index (χ1) is 10.5. The predicted molar refractivity (Wildman–Crippen MR) is 74.8 cm³/mol. The zero-order valence-electron chi connectivity index (χ0n) is 11.6. The Morgan fingerprint density at radius 2 is 2.32 bits per heavy atom. The van der Waals surface area contributed by atoms with E-state index >= 15 is 0 Å². The Bertz CT molecular complexity index is 743. The van der Waals surface area contributed by atoms with Crippen LogP contribution in [0.25, 0.3) is 11.2 Å². The number of aliphatic hydroxyl groups excluding tert-OH is 3. The molecule has 2 aromatic rings. The van der Waals surface area contributed by atoms with Crippen LogP contribution in [-0.4, -0.2) is 60.3 Å². The standard InChI is InChI=1S/C12H17N5O5/c13-11-15-9-8(10(21)16-11)14-5-17(9)12(1-2-18)3-6(20)7(4-19)22-12/h5-7,18-20H,1-4H2,(H3,13,15,16,21)/t6-,7+,12+/m0/s1. The first-order valence-corrected chi connectivity index (χ1v) is 6.81. The first kappa shape index (κ1) is 14.9. The number of nitrogens with one attached hydrogen (secondary N) is 1. The number of nitrogens with two attached hydrogens (primary N) is 1. The molecule has 0 saturated carbocycles. The highest BCUT2D eigenvalue weighted by molar-refractivity contribution is 5.70. The predicted octanol–water partition coefficient (Wildman–Crippen LogP) is -2.12. The second kappa shape index (κ2) is 5.32. The Kier molecular flexibility index (Phi) is 3.60. The molecule has 22 heavy (non-hydrogen) atoms. The maximum absolute atomic E-state index is 11.8. The molecular formula is C12H17N5O5. The smallest absolute Gasteiger partial charge is 0.280 e. The maximum atomic E-state index is 11.8. The van der Waals surface area contributed by atoms with Crippen molar-refractivity contribution in [1.29, 1.82) is 0 Å². The highest BCUT2D eigenvalue weighted by Gasteiger charge is 2.47. The van der Waals surface area contributed by atoms with Crippen LogP contribution in [0.3, 0.4) is 0 Å². The molecule has 1 fully saturated rings. The third-order valence-corrected chi connectivity index (χ3v) is 3.87. The Balaban J connectivity index is 2.16. The molecular weight excluding hydrogens is 294 g/mol. The summed E-state index contributed by atoms with van der Waals surface area (Å²) in [4.78, 5) is 22.3. The van der Waals surface area contributed by atoms with Gasteiger partial charge in [0.25, 0.3) is 5.56 Å². The van der Waals surface area contributed by atoms with Crippen LogP contribution in [0.2, 0.25) is 0 Å². The molecule has 120 valence electrons. The van der Waals surface area contributed by atoms with Crippen molar-refractivity contribution in [2.75, 3.05) is 18.9 Å². The molecule has 3 atom stereocenters. The van der Waals surface area contributed by atoms with Crippen molar-refractivity contribution in [1.82, 2.24) is 19.5 Å². The Morgan fingerprint density at radius 3 is 2.95 bits per heavy atom. The molecule has 0 radical (unpaired) electrons. The molecule has 3 heterocycles. The summed E-state index contributed by atoms with van der Waals surface area (Å²) in [6, 6.07) is 0. The maximum Gasteiger partial charge on any atom is 0.280 e. The minimum atomic E-state index is -1.15. The Morgan fingerprint density at radius 1 is 1.55 bits per heavy atom. The molecule has 0 bridgehead atoms. The minimum Gasteiger partial charge on any atom is -0.396 e. The lowest BCUT2D eigenvalue weighted by molar-refractivity contribution is -0.124. The van der Waals surface area contributed by atoms with Crippen molar-refractivity contribution in [3.8, 4) is 0 Å². The normalized spacial score (nSPS) is 28.5. The van der Waals surface area contributed by atoms with Gasteiger partial charge in [0.2, 0.25) is 5.95 Å². The monoisotopic (exact) mass is 311 g/mol. The molecule has 1 saturated heterocycles. The van der Waals surface area contributed by atoms with Crippen LogP contribution in [-0.2, 0) is 10.5 Å². The highest BCUT2D eigenvalue weighted by atomic mass is 16.6. The van der Waals surface area contributed by atoms with E-state index in [1.165, 1.54) is 10.9 Å². The summed E-state index contributed by atoms with van der Waals surface area (Å²) in [7, 11) is 0. The molecule has 0 aliphatic carbocycles. The van der Waals surface area contributed by atoms with Crippen molar-refractivity contribution in [3.05, 3.63) is 16.7 Å². The lowest BCUT2D eigenvalue weighted by Crippen LogP contribution is -2.35. The van der Waals surface area contributed by atoms with E-state index in [1.54, 1.807) is 0 Å². The fourth-order valence-corrected chi connectivity index (χ4v) is 2.86. The number of hydrogen-bond acceptors (Lipinski definition) is 8. The summed E-state index contributed by atoms with van der Waals surface area (Å²) >= 11 is 0. The van der Waals surface area contributed by atoms with Crippen LogP contribution < -0.4 is 11.3 Å². The van der Waals surface area contributed by atoms with E-state index in [4.69, 9.17) is 10.5 Å². The van der Waals surface area contributed by atoms with Crippen molar-refractivity contribution in [2.45, 2.75) is 30.8 Å². The van der Waals surface area contributed by atoms with Gasteiger partial charge in [-0.05, 0) is 0 Å². The number of aromatic nitrogens is 4. The first-order valence-electron chi connectivity index (χ1n) is 6.81. The van der Waals surface area contributed by atoms with Crippen LogP contribution in [0, 0.1) is 0 Å². The second-order valence-electron chi connectivity index (χ2n) is 5.27. The topological polar surface area (TPSA) is 160 Å². The van der Waals surface area contributed by atoms with E-state index in [0.717, 1.165) is 0 Å². The number of H-pyrrole nitrogens is 1. The number of anilines is 1. The molecule has 2 aromatic heterocycles. The Labute approximate surface area is 124 Å². The van der Waals surface area contributed by atoms with Crippen LogP contribution in [0.1, 0.15) is 12.8 Å². The summed E-state index contributed by atoms with van der Waals surface area (Å²) in [6.07, 6.45) is -0.0789. The quantitative estimate of drug-likeness (QED) is 0.428.